The summed E-state index contributed by atoms with van der Waals surface area (Å²) in [5.74, 6) is 0.138. The number of hydrogen-bond donors (Lipinski definition) is 2. The molecule has 152 valence electrons. The minimum atomic E-state index is -0.731. The third-order valence-corrected chi connectivity index (χ3v) is 5.11. The Balaban J connectivity index is 1.65. The normalized spacial score (nSPS) is 11.9. The van der Waals surface area contributed by atoms with Crippen molar-refractivity contribution in [3.63, 3.8) is 0 Å². The second-order valence-corrected chi connectivity index (χ2v) is 7.03. The molecule has 2 aromatic heterocycles. The third-order valence-electron chi connectivity index (χ3n) is 5.11. The van der Waals surface area contributed by atoms with Crippen LogP contribution < -0.4 is 10.1 Å². The average molecular weight is 402 g/mol. The summed E-state index contributed by atoms with van der Waals surface area (Å²) in [6.07, 6.45) is 3.59. The first kappa shape index (κ1) is 19.4. The maximum absolute atomic E-state index is 13.2. The number of benzene rings is 2. The standard InChI is InChI=1S/C23H22N4O3/c1-27-21(10-11-25-27)22(28)20(12-15-6-4-3-5-7-15)26-23(29)18-14-24-19-9-8-16(30-2)13-17(18)19/h3-11,13-14,20,24H,12H2,1-2H3,(H,26,29). The smallest absolute Gasteiger partial charge is 0.254 e. The van der Waals surface area contributed by atoms with Crippen molar-refractivity contribution in [1.29, 1.82) is 0 Å². The number of ether oxygens (including phenoxy) is 1. The van der Waals surface area contributed by atoms with Crippen molar-refractivity contribution in [1.82, 2.24) is 20.1 Å². The molecule has 2 aromatic carbocycles. The van der Waals surface area contributed by atoms with Gasteiger partial charge in [0.15, 0.2) is 0 Å². The number of nitrogens with one attached hydrogen (secondary N) is 2. The molecule has 0 aliphatic carbocycles. The maximum atomic E-state index is 13.2. The molecule has 4 aromatic rings. The fraction of sp³-hybridized carbons (Fsp3) is 0.174. The van der Waals surface area contributed by atoms with Crippen molar-refractivity contribution in [3.8, 4) is 5.75 Å². The number of nitrogens with zero attached hydrogens (tertiary/aromatic N) is 2. The molecule has 7 nitrogen and oxygen atoms in total. The Bertz CT molecular complexity index is 1190. The van der Waals surface area contributed by atoms with Crippen molar-refractivity contribution in [2.24, 2.45) is 7.05 Å². The van der Waals surface area contributed by atoms with Crippen LogP contribution in [0.3, 0.4) is 0 Å². The van der Waals surface area contributed by atoms with E-state index in [-0.39, 0.29) is 11.7 Å². The van der Waals surface area contributed by atoms with Crippen molar-refractivity contribution in [2.75, 3.05) is 7.11 Å². The number of amides is 1. The minimum Gasteiger partial charge on any atom is -0.497 e. The lowest BCUT2D eigenvalue weighted by molar-refractivity contribution is 0.0852. The molecule has 0 radical (unpaired) electrons. The van der Waals surface area contributed by atoms with E-state index in [4.69, 9.17) is 4.74 Å². The van der Waals surface area contributed by atoms with Crippen molar-refractivity contribution < 1.29 is 14.3 Å². The molecule has 0 fully saturated rings. The van der Waals surface area contributed by atoms with Gasteiger partial charge in [0.2, 0.25) is 5.78 Å². The molecule has 1 amide bonds. The Labute approximate surface area is 173 Å². The lowest BCUT2D eigenvalue weighted by Crippen LogP contribution is -2.43. The Morgan fingerprint density at radius 1 is 1.17 bits per heavy atom. The Morgan fingerprint density at radius 2 is 1.97 bits per heavy atom. The molecule has 0 saturated heterocycles. The SMILES string of the molecule is COc1ccc2[nH]cc(C(=O)NC(Cc3ccccc3)C(=O)c3ccnn3C)c2c1. The molecule has 0 bridgehead atoms. The second kappa shape index (κ2) is 8.24. The number of carbonyl (C=O) groups is 2. The zero-order chi connectivity index (χ0) is 21.1. The van der Waals surface area contributed by atoms with Gasteiger partial charge in [-0.2, -0.15) is 5.10 Å². The molecule has 1 unspecified atom stereocenters. The van der Waals surface area contributed by atoms with E-state index in [1.54, 1.807) is 38.7 Å². The van der Waals surface area contributed by atoms with Crippen LogP contribution in [0.1, 0.15) is 26.4 Å². The summed E-state index contributed by atoms with van der Waals surface area (Å²) in [4.78, 5) is 29.4. The van der Waals surface area contributed by atoms with Gasteiger partial charge in [-0.25, -0.2) is 0 Å². The number of Topliss-reactive ketones (excluding diaryl/α,β-unsaturated/α-hetero) is 1. The van der Waals surface area contributed by atoms with Gasteiger partial charge < -0.3 is 15.0 Å². The van der Waals surface area contributed by atoms with Crippen molar-refractivity contribution in [3.05, 3.63) is 83.8 Å². The van der Waals surface area contributed by atoms with Crippen LogP contribution in [0.25, 0.3) is 10.9 Å². The molecule has 30 heavy (non-hydrogen) atoms. The van der Waals surface area contributed by atoms with Gasteiger partial charge in [0.25, 0.3) is 5.91 Å². The molecule has 0 saturated carbocycles. The van der Waals surface area contributed by atoms with Crippen LogP contribution in [-0.4, -0.2) is 39.6 Å². The summed E-state index contributed by atoms with van der Waals surface area (Å²) >= 11 is 0. The summed E-state index contributed by atoms with van der Waals surface area (Å²) in [6.45, 7) is 0. The van der Waals surface area contributed by atoms with E-state index < -0.39 is 6.04 Å². The van der Waals surface area contributed by atoms with Crippen molar-refractivity contribution in [2.45, 2.75) is 12.5 Å². The number of aromatic nitrogens is 3. The van der Waals surface area contributed by atoms with Crippen LogP contribution in [-0.2, 0) is 13.5 Å². The number of H-pyrrole nitrogens is 1. The highest BCUT2D eigenvalue weighted by Gasteiger charge is 2.26. The minimum absolute atomic E-state index is 0.190. The van der Waals surface area contributed by atoms with Crippen LogP contribution in [0.15, 0.2) is 67.0 Å². The average Bonchev–Trinajstić information content (AvgIpc) is 3.39. The summed E-state index contributed by atoms with van der Waals surface area (Å²) in [6, 6.07) is 16.0. The monoisotopic (exact) mass is 402 g/mol. The van der Waals surface area contributed by atoms with Crippen molar-refractivity contribution >= 4 is 22.6 Å². The molecule has 1 atom stereocenters. The molecule has 0 aliphatic rings. The van der Waals surface area contributed by atoms with Crippen LogP contribution in [0.2, 0.25) is 0 Å². The van der Waals surface area contributed by atoms with Gasteiger partial charge in [-0.05, 0) is 29.8 Å². The summed E-state index contributed by atoms with van der Waals surface area (Å²) < 4.78 is 6.79. The van der Waals surface area contributed by atoms with Gasteiger partial charge in [-0.3, -0.25) is 14.3 Å². The summed E-state index contributed by atoms with van der Waals surface area (Å²) in [5.41, 5.74) is 2.68. The molecule has 0 aliphatic heterocycles. The number of rotatable bonds is 7. The fourth-order valence-electron chi connectivity index (χ4n) is 3.50. The number of hydrogen-bond acceptors (Lipinski definition) is 4. The highest BCUT2D eigenvalue weighted by Crippen LogP contribution is 2.24. The van der Waals surface area contributed by atoms with E-state index >= 15 is 0 Å². The van der Waals surface area contributed by atoms with E-state index in [2.05, 4.69) is 15.4 Å². The molecular weight excluding hydrogens is 380 g/mol. The van der Waals surface area contributed by atoms with E-state index in [0.717, 1.165) is 16.5 Å². The number of aromatic amines is 1. The Morgan fingerprint density at radius 3 is 2.67 bits per heavy atom. The maximum Gasteiger partial charge on any atom is 0.254 e. The van der Waals surface area contributed by atoms with Crippen LogP contribution in [0.5, 0.6) is 5.75 Å². The Hall–Kier alpha value is -3.87. The molecule has 2 heterocycles. The lowest BCUT2D eigenvalue weighted by Gasteiger charge is -2.18. The lowest BCUT2D eigenvalue weighted by atomic mass is 10.00. The zero-order valence-electron chi connectivity index (χ0n) is 16.8. The predicted octanol–water partition coefficient (Wildman–Crippen LogP) is 3.13. The first-order valence-corrected chi connectivity index (χ1v) is 9.59. The number of methoxy groups -OCH3 is 1. The molecule has 2 N–H and O–H groups in total. The highest BCUT2D eigenvalue weighted by atomic mass is 16.5. The Kier molecular flexibility index (Phi) is 5.34. The number of carbonyl (C=O) groups excluding carboxylic acids is 2. The van der Waals surface area contributed by atoms with Crippen LogP contribution >= 0.6 is 0 Å². The summed E-state index contributed by atoms with van der Waals surface area (Å²) in [5, 5.41) is 7.74. The molecule has 0 spiro atoms. The number of fused-ring (bicyclic) bond motifs is 1. The zero-order valence-corrected chi connectivity index (χ0v) is 16.8. The van der Waals surface area contributed by atoms with Gasteiger partial charge in [0, 0.05) is 36.8 Å². The number of ketones is 1. The van der Waals surface area contributed by atoms with Gasteiger partial charge in [0.05, 0.1) is 18.7 Å². The summed E-state index contributed by atoms with van der Waals surface area (Å²) in [7, 11) is 3.29. The van der Waals surface area contributed by atoms with Gasteiger partial charge in [-0.1, -0.05) is 30.3 Å². The highest BCUT2D eigenvalue weighted by molar-refractivity contribution is 6.09. The van der Waals surface area contributed by atoms with Gasteiger partial charge >= 0.3 is 0 Å². The quantitative estimate of drug-likeness (QED) is 0.465. The van der Waals surface area contributed by atoms with E-state index in [9.17, 15) is 9.59 Å². The van der Waals surface area contributed by atoms with Crippen LogP contribution in [0, 0.1) is 0 Å². The molecule has 7 heteroatoms. The number of aryl methyl sites for hydroxylation is 1. The molecular formula is C23H22N4O3. The van der Waals surface area contributed by atoms with E-state index in [0.29, 0.717) is 23.4 Å². The van der Waals surface area contributed by atoms with Gasteiger partial charge in [0.1, 0.15) is 11.4 Å². The van der Waals surface area contributed by atoms with E-state index in [1.165, 1.54) is 4.68 Å². The topological polar surface area (TPSA) is 89.0 Å². The largest absolute Gasteiger partial charge is 0.497 e. The van der Waals surface area contributed by atoms with Gasteiger partial charge in [-0.15, -0.1) is 0 Å². The first-order valence-electron chi connectivity index (χ1n) is 9.59. The van der Waals surface area contributed by atoms with E-state index in [1.807, 2.05) is 42.5 Å². The van der Waals surface area contributed by atoms with Crippen LogP contribution in [0.4, 0.5) is 0 Å². The third kappa shape index (κ3) is 3.82. The predicted molar refractivity (Wildman–Crippen MR) is 114 cm³/mol. The fourth-order valence-corrected chi connectivity index (χ4v) is 3.50. The first-order chi connectivity index (χ1) is 14.6. The second-order valence-electron chi connectivity index (χ2n) is 7.03. The molecule has 4 rings (SSSR count).